The number of ether oxygens (including phenoxy) is 1. The van der Waals surface area contributed by atoms with Gasteiger partial charge >= 0.3 is 6.18 Å². The molecule has 0 saturated carbocycles. The van der Waals surface area contributed by atoms with Crippen LogP contribution < -0.4 is 15.5 Å². The molecule has 0 radical (unpaired) electrons. The van der Waals surface area contributed by atoms with Crippen LogP contribution in [0.1, 0.15) is 34.0 Å². The first-order chi connectivity index (χ1) is 17.3. The van der Waals surface area contributed by atoms with Crippen molar-refractivity contribution in [2.45, 2.75) is 19.3 Å². The minimum Gasteiger partial charge on any atom is -0.378 e. The molecule has 2 N–H and O–H groups in total. The monoisotopic (exact) mass is 492 g/mol. The second-order valence-corrected chi connectivity index (χ2v) is 8.83. The Morgan fingerprint density at radius 2 is 1.75 bits per heavy atom. The molecule has 2 aliphatic heterocycles. The molecule has 186 valence electrons. The number of nitrogens with one attached hydrogen (secondary N) is 2. The molecule has 0 spiro atoms. The zero-order chi connectivity index (χ0) is 25.3. The number of hydrogen-bond donors (Lipinski definition) is 2. The second-order valence-electron chi connectivity index (χ2n) is 8.83. The minimum absolute atomic E-state index is 0.0632. The van der Waals surface area contributed by atoms with Crippen molar-refractivity contribution in [2.75, 3.05) is 36.5 Å². The number of morpholine rings is 1. The van der Waals surface area contributed by atoms with Gasteiger partial charge in [0.05, 0.1) is 30.2 Å². The minimum atomic E-state index is -4.50. The third-order valence-electron chi connectivity index (χ3n) is 6.49. The fourth-order valence-corrected chi connectivity index (χ4v) is 4.69. The predicted octanol–water partition coefficient (Wildman–Crippen LogP) is 5.98. The Morgan fingerprint density at radius 1 is 1.03 bits per heavy atom. The Hall–Kier alpha value is -3.78. The molecule has 5 rings (SSSR count). The Bertz CT molecular complexity index is 1310. The van der Waals surface area contributed by atoms with Gasteiger partial charge in [-0.3, -0.25) is 0 Å². The Labute approximate surface area is 208 Å². The van der Waals surface area contributed by atoms with Gasteiger partial charge in [0.2, 0.25) is 0 Å². The lowest BCUT2D eigenvalue weighted by atomic mass is 10.00. The highest BCUT2D eigenvalue weighted by molar-refractivity contribution is 6.10. The summed E-state index contributed by atoms with van der Waals surface area (Å²) >= 11 is 0. The molecule has 1 atom stereocenters. The van der Waals surface area contributed by atoms with E-state index in [0.717, 1.165) is 34.1 Å². The standard InChI is InChI=1S/C28H27F3N4O/c1-18-8-3-4-9-20(18)19(2)32-27-22-11-7-13-24(35-14-16-36-17-15-35)25(22)33-26(34-27)21-10-5-6-12-23(21)28(29,30)31/h3-13,26,33H,2,14-17H2,1H3,(H,32,34). The Balaban J connectivity index is 1.61. The van der Waals surface area contributed by atoms with Gasteiger partial charge in [0.25, 0.3) is 0 Å². The number of halogens is 3. The summed E-state index contributed by atoms with van der Waals surface area (Å²) in [5, 5.41) is 6.62. The van der Waals surface area contributed by atoms with E-state index in [-0.39, 0.29) is 5.56 Å². The molecule has 2 aliphatic rings. The van der Waals surface area contributed by atoms with Crippen LogP contribution in [0.15, 0.2) is 78.3 Å². The molecular weight excluding hydrogens is 465 g/mol. The summed E-state index contributed by atoms with van der Waals surface area (Å²) in [6.45, 7) is 8.75. The molecular formula is C28H27F3N4O. The number of rotatable bonds is 4. The lowest BCUT2D eigenvalue weighted by molar-refractivity contribution is -0.138. The van der Waals surface area contributed by atoms with Gasteiger partial charge in [0.15, 0.2) is 0 Å². The maximum Gasteiger partial charge on any atom is 0.416 e. The van der Waals surface area contributed by atoms with E-state index in [4.69, 9.17) is 9.73 Å². The molecule has 1 unspecified atom stereocenters. The van der Waals surface area contributed by atoms with Crippen molar-refractivity contribution in [1.82, 2.24) is 5.32 Å². The number of amidine groups is 1. The number of aliphatic imine (C=N–C) groups is 1. The highest BCUT2D eigenvalue weighted by atomic mass is 19.4. The molecule has 3 aromatic carbocycles. The molecule has 3 aromatic rings. The summed E-state index contributed by atoms with van der Waals surface area (Å²) in [4.78, 5) is 6.92. The van der Waals surface area contributed by atoms with Crippen LogP contribution in [0.2, 0.25) is 0 Å². The smallest absolute Gasteiger partial charge is 0.378 e. The third kappa shape index (κ3) is 4.68. The molecule has 5 nitrogen and oxygen atoms in total. The Morgan fingerprint density at radius 3 is 2.50 bits per heavy atom. The van der Waals surface area contributed by atoms with Crippen molar-refractivity contribution < 1.29 is 17.9 Å². The van der Waals surface area contributed by atoms with Gasteiger partial charge in [0.1, 0.15) is 12.0 Å². The van der Waals surface area contributed by atoms with E-state index in [1.165, 1.54) is 12.1 Å². The molecule has 1 fully saturated rings. The van der Waals surface area contributed by atoms with E-state index in [0.29, 0.717) is 37.8 Å². The fourth-order valence-electron chi connectivity index (χ4n) is 4.69. The summed E-state index contributed by atoms with van der Waals surface area (Å²) in [5.74, 6) is 0.467. The molecule has 0 bridgehead atoms. The molecule has 1 saturated heterocycles. The van der Waals surface area contributed by atoms with Gasteiger partial charge in [0, 0.05) is 35.5 Å². The molecule has 0 aliphatic carbocycles. The first-order valence-electron chi connectivity index (χ1n) is 11.8. The molecule has 36 heavy (non-hydrogen) atoms. The zero-order valence-electron chi connectivity index (χ0n) is 19.9. The summed E-state index contributed by atoms with van der Waals surface area (Å²) in [6, 6.07) is 19.2. The van der Waals surface area contributed by atoms with Crippen LogP contribution in [0.5, 0.6) is 0 Å². The van der Waals surface area contributed by atoms with Gasteiger partial charge in [-0.05, 0) is 30.7 Å². The molecule has 2 heterocycles. The summed E-state index contributed by atoms with van der Waals surface area (Å²) in [6.07, 6.45) is -5.44. The van der Waals surface area contributed by atoms with E-state index < -0.39 is 17.9 Å². The van der Waals surface area contributed by atoms with Gasteiger partial charge in [-0.2, -0.15) is 13.2 Å². The second kappa shape index (κ2) is 9.70. The number of alkyl halides is 3. The van der Waals surface area contributed by atoms with Crippen LogP contribution in [0.4, 0.5) is 24.5 Å². The number of nitrogens with zero attached hydrogens (tertiary/aromatic N) is 2. The van der Waals surface area contributed by atoms with Crippen molar-refractivity contribution in [1.29, 1.82) is 0 Å². The van der Waals surface area contributed by atoms with Crippen molar-refractivity contribution in [3.05, 3.63) is 101 Å². The average molecular weight is 493 g/mol. The Kier molecular flexibility index (Phi) is 6.45. The summed E-state index contributed by atoms with van der Waals surface area (Å²) < 4.78 is 47.3. The van der Waals surface area contributed by atoms with Crippen molar-refractivity contribution in [3.8, 4) is 0 Å². The van der Waals surface area contributed by atoms with Gasteiger partial charge in [-0.1, -0.05) is 55.1 Å². The predicted molar refractivity (Wildman–Crippen MR) is 137 cm³/mol. The SMILES string of the molecule is C=C(NC1=NC(c2ccccc2C(F)(F)F)Nc2c1cccc2N1CCOCC1)c1ccccc1C. The van der Waals surface area contributed by atoms with Crippen LogP contribution >= 0.6 is 0 Å². The van der Waals surface area contributed by atoms with E-state index in [9.17, 15) is 13.2 Å². The highest BCUT2D eigenvalue weighted by Gasteiger charge is 2.36. The largest absolute Gasteiger partial charge is 0.416 e. The number of benzene rings is 3. The van der Waals surface area contributed by atoms with E-state index in [1.807, 2.05) is 49.4 Å². The molecule has 0 aromatic heterocycles. The lowest BCUT2D eigenvalue weighted by Crippen LogP contribution is -2.38. The van der Waals surface area contributed by atoms with Crippen LogP contribution in [0, 0.1) is 6.92 Å². The van der Waals surface area contributed by atoms with E-state index >= 15 is 0 Å². The summed E-state index contributed by atoms with van der Waals surface area (Å²) in [5.41, 5.74) is 4.33. The normalized spacial score (nSPS) is 17.6. The lowest BCUT2D eigenvalue weighted by Gasteiger charge is -2.35. The quantitative estimate of drug-likeness (QED) is 0.470. The zero-order valence-corrected chi connectivity index (χ0v) is 19.9. The van der Waals surface area contributed by atoms with Crippen LogP contribution in [0.25, 0.3) is 5.70 Å². The summed E-state index contributed by atoms with van der Waals surface area (Å²) in [7, 11) is 0. The highest BCUT2D eigenvalue weighted by Crippen LogP contribution is 2.41. The average Bonchev–Trinajstić information content (AvgIpc) is 2.88. The van der Waals surface area contributed by atoms with Gasteiger partial charge in [-0.25, -0.2) is 4.99 Å². The maximum absolute atomic E-state index is 13.9. The molecule has 8 heteroatoms. The number of hydrogen-bond acceptors (Lipinski definition) is 5. The van der Waals surface area contributed by atoms with Crippen LogP contribution in [0.3, 0.4) is 0 Å². The molecule has 0 amide bonds. The maximum atomic E-state index is 13.9. The first kappa shape index (κ1) is 23.9. The third-order valence-corrected chi connectivity index (χ3v) is 6.49. The number of fused-ring (bicyclic) bond motifs is 1. The van der Waals surface area contributed by atoms with Crippen LogP contribution in [-0.2, 0) is 10.9 Å². The van der Waals surface area contributed by atoms with E-state index in [2.05, 4.69) is 22.1 Å². The number of anilines is 2. The van der Waals surface area contributed by atoms with E-state index in [1.54, 1.807) is 6.07 Å². The topological polar surface area (TPSA) is 48.9 Å². The van der Waals surface area contributed by atoms with Crippen LogP contribution in [-0.4, -0.2) is 32.1 Å². The van der Waals surface area contributed by atoms with Crippen molar-refractivity contribution in [2.24, 2.45) is 4.99 Å². The first-order valence-corrected chi connectivity index (χ1v) is 11.8. The number of aryl methyl sites for hydroxylation is 1. The van der Waals surface area contributed by atoms with Crippen molar-refractivity contribution >= 4 is 22.9 Å². The van der Waals surface area contributed by atoms with Gasteiger partial charge < -0.3 is 20.3 Å². The number of para-hydroxylation sites is 1. The fraction of sp³-hybridized carbons (Fsp3) is 0.250. The van der Waals surface area contributed by atoms with Crippen molar-refractivity contribution in [3.63, 3.8) is 0 Å². The van der Waals surface area contributed by atoms with Gasteiger partial charge in [-0.15, -0.1) is 0 Å².